The van der Waals surface area contributed by atoms with E-state index in [1.165, 1.54) is 0 Å². The van der Waals surface area contributed by atoms with Gasteiger partial charge in [0.15, 0.2) is 0 Å². The van der Waals surface area contributed by atoms with Gasteiger partial charge in [-0.15, -0.1) is 0 Å². The molecule has 0 aliphatic carbocycles. The highest BCUT2D eigenvalue weighted by Crippen LogP contribution is 2.03. The quantitative estimate of drug-likeness (QED) is 0.321. The van der Waals surface area contributed by atoms with Crippen LogP contribution < -0.4 is 14.7 Å². The molecule has 0 rings (SSSR count). The molecule has 11 heteroatoms. The highest BCUT2D eigenvalue weighted by atomic mass is 31.2. The van der Waals surface area contributed by atoms with Gasteiger partial charge in [-0.25, -0.2) is 14.5 Å². The van der Waals surface area contributed by atoms with Crippen molar-refractivity contribution in [2.75, 3.05) is 84.8 Å². The summed E-state index contributed by atoms with van der Waals surface area (Å²) in [6.45, 7) is 0. The average molecular weight is 365 g/mol. The number of hydrogen-bond acceptors (Lipinski definition) is 7. The minimum atomic E-state index is -5.39. The molecule has 0 aromatic rings. The Balaban J connectivity index is -0.000000105. The molecule has 0 heterocycles. The van der Waals surface area contributed by atoms with Gasteiger partial charge in [-0.05, 0) is 0 Å². The predicted molar refractivity (Wildman–Crippen MR) is 82.7 cm³/mol. The standard InChI is InChI=1S/3C4H12NO.H3O4P/c3*1-5(2,3)6-4;1-5(2,3)4/h3*1-4H3;(H3,1,2,3,4)/q3*+1;/p-3. The average Bonchev–Trinajstić information content (AvgIpc) is 2.25. The second-order valence-corrected chi connectivity index (χ2v) is 7.56. The molecule has 10 nitrogen and oxygen atoms in total. The Kier molecular flexibility index (Phi) is 17.6. The SMILES string of the molecule is CO[N+](C)(C)C.CO[N+](C)(C)C.CO[N+](C)(C)C.O=P([O-])([O-])[O-]. The van der Waals surface area contributed by atoms with E-state index in [0.717, 1.165) is 0 Å². The molecule has 0 saturated heterocycles. The van der Waals surface area contributed by atoms with Crippen LogP contribution in [-0.4, -0.2) is 98.7 Å². The van der Waals surface area contributed by atoms with Gasteiger partial charge in [0, 0.05) is 0 Å². The monoisotopic (exact) mass is 365 g/mol. The number of hydroxylamine groups is 9. The summed E-state index contributed by atoms with van der Waals surface area (Å²) in [5.41, 5.74) is 0. The van der Waals surface area contributed by atoms with E-state index in [4.69, 9.17) is 33.8 Å². The molecule has 0 aromatic carbocycles. The molecular formula is C12H36N3O7P. The zero-order valence-electron chi connectivity index (χ0n) is 16.6. The molecule has 0 unspecified atom stereocenters. The molecule has 0 N–H and O–H groups in total. The van der Waals surface area contributed by atoms with E-state index in [2.05, 4.69) is 0 Å². The lowest BCUT2D eigenvalue weighted by molar-refractivity contribution is -1.06. The van der Waals surface area contributed by atoms with Gasteiger partial charge < -0.3 is 19.2 Å². The van der Waals surface area contributed by atoms with Gasteiger partial charge in [0.25, 0.3) is 0 Å². The van der Waals surface area contributed by atoms with Crippen molar-refractivity contribution < 1.29 is 47.7 Å². The van der Waals surface area contributed by atoms with Gasteiger partial charge in [0.05, 0.1) is 84.8 Å². The number of hydrogen-bond donors (Lipinski definition) is 0. The van der Waals surface area contributed by atoms with Crippen LogP contribution in [0.15, 0.2) is 0 Å². The maximum absolute atomic E-state index is 8.55. The Hall–Kier alpha value is -0.130. The van der Waals surface area contributed by atoms with Crippen molar-refractivity contribution in [2.24, 2.45) is 0 Å². The van der Waals surface area contributed by atoms with Gasteiger partial charge in [-0.1, -0.05) is 0 Å². The van der Waals surface area contributed by atoms with Crippen molar-refractivity contribution in [3.63, 3.8) is 0 Å². The normalized spacial score (nSPS) is 12.0. The molecule has 0 fully saturated rings. The number of phosphoric acid groups is 1. The van der Waals surface area contributed by atoms with E-state index in [1.807, 2.05) is 63.4 Å². The van der Waals surface area contributed by atoms with Crippen LogP contribution in [0.2, 0.25) is 0 Å². The number of quaternary nitrogens is 3. The van der Waals surface area contributed by atoms with E-state index in [0.29, 0.717) is 13.9 Å². The summed E-state index contributed by atoms with van der Waals surface area (Å²) >= 11 is 0. The van der Waals surface area contributed by atoms with Gasteiger partial charge in [-0.2, -0.15) is 21.8 Å². The van der Waals surface area contributed by atoms with Crippen molar-refractivity contribution in [1.29, 1.82) is 0 Å². The van der Waals surface area contributed by atoms with E-state index in [9.17, 15) is 0 Å². The van der Waals surface area contributed by atoms with Gasteiger partial charge in [0.2, 0.25) is 0 Å². The van der Waals surface area contributed by atoms with Crippen LogP contribution in [0, 0.1) is 0 Å². The minimum absolute atomic E-state index is 0.569. The summed E-state index contributed by atoms with van der Waals surface area (Å²) in [4.78, 5) is 40.3. The zero-order valence-corrected chi connectivity index (χ0v) is 17.5. The molecule has 0 aliphatic rings. The number of rotatable bonds is 3. The Morgan fingerprint density at radius 1 is 0.565 bits per heavy atom. The molecule has 0 aromatic heterocycles. The molecular weight excluding hydrogens is 329 g/mol. The van der Waals surface area contributed by atoms with Crippen molar-refractivity contribution >= 4 is 7.82 Å². The Bertz CT molecular complexity index is 262. The predicted octanol–water partition coefficient (Wildman–Crippen LogP) is -2.06. The first-order valence-corrected chi connectivity index (χ1v) is 7.99. The van der Waals surface area contributed by atoms with Crippen molar-refractivity contribution in [3.05, 3.63) is 0 Å². The molecule has 0 amide bonds. The fourth-order valence-electron chi connectivity index (χ4n) is 0. The molecule has 0 saturated carbocycles. The summed E-state index contributed by atoms with van der Waals surface area (Å²) < 4.78 is 10.3. The van der Waals surface area contributed by atoms with Crippen molar-refractivity contribution in [2.45, 2.75) is 0 Å². The Morgan fingerprint density at radius 3 is 0.609 bits per heavy atom. The molecule has 0 radical (unpaired) electrons. The lowest BCUT2D eigenvalue weighted by atomic mass is 10.9. The van der Waals surface area contributed by atoms with Crippen LogP contribution in [0.1, 0.15) is 0 Å². The highest BCUT2D eigenvalue weighted by molar-refractivity contribution is 7.40. The molecule has 0 atom stereocenters. The van der Waals surface area contributed by atoms with Crippen LogP contribution in [0.5, 0.6) is 0 Å². The molecule has 146 valence electrons. The van der Waals surface area contributed by atoms with Crippen molar-refractivity contribution in [3.8, 4) is 0 Å². The summed E-state index contributed by atoms with van der Waals surface area (Å²) in [7, 11) is 17.3. The minimum Gasteiger partial charge on any atom is -0.822 e. The fraction of sp³-hybridized carbons (Fsp3) is 1.00. The third-order valence-corrected chi connectivity index (χ3v) is 1.64. The largest absolute Gasteiger partial charge is 0.822 e. The van der Waals surface area contributed by atoms with Crippen LogP contribution in [-0.2, 0) is 19.1 Å². The maximum Gasteiger partial charge on any atom is 0.0981 e. The van der Waals surface area contributed by atoms with Crippen LogP contribution >= 0.6 is 7.82 Å². The van der Waals surface area contributed by atoms with E-state index in [1.54, 1.807) is 21.3 Å². The van der Waals surface area contributed by atoms with Crippen LogP contribution in [0.4, 0.5) is 0 Å². The topological polar surface area (TPSA) is 114 Å². The highest BCUT2D eigenvalue weighted by Gasteiger charge is 2.01. The molecule has 0 aliphatic heterocycles. The second kappa shape index (κ2) is 13.2. The third kappa shape index (κ3) is 110. The molecule has 23 heavy (non-hydrogen) atoms. The smallest absolute Gasteiger partial charge is 0.0981 e. The lowest BCUT2D eigenvalue weighted by Gasteiger charge is -2.36. The Labute approximate surface area is 141 Å². The molecule has 0 spiro atoms. The Morgan fingerprint density at radius 2 is 0.609 bits per heavy atom. The fourth-order valence-corrected chi connectivity index (χ4v) is 0. The second-order valence-electron chi connectivity index (χ2n) is 6.66. The summed E-state index contributed by atoms with van der Waals surface area (Å²) in [5, 5.41) is 0. The third-order valence-electron chi connectivity index (χ3n) is 1.64. The van der Waals surface area contributed by atoms with Crippen LogP contribution in [0.3, 0.4) is 0 Å². The van der Waals surface area contributed by atoms with E-state index >= 15 is 0 Å². The zero-order chi connectivity index (χ0) is 20.1. The van der Waals surface area contributed by atoms with Crippen molar-refractivity contribution in [1.82, 2.24) is 0 Å². The maximum atomic E-state index is 8.55. The van der Waals surface area contributed by atoms with Gasteiger partial charge in [0.1, 0.15) is 0 Å². The summed E-state index contributed by atoms with van der Waals surface area (Å²) in [5.74, 6) is 0. The molecule has 0 bridgehead atoms. The van der Waals surface area contributed by atoms with Crippen LogP contribution in [0.25, 0.3) is 0 Å². The van der Waals surface area contributed by atoms with E-state index < -0.39 is 7.82 Å². The van der Waals surface area contributed by atoms with Gasteiger partial charge in [-0.3, -0.25) is 0 Å². The van der Waals surface area contributed by atoms with Gasteiger partial charge >= 0.3 is 0 Å². The first-order valence-electron chi connectivity index (χ1n) is 6.53. The van der Waals surface area contributed by atoms with E-state index in [-0.39, 0.29) is 0 Å². The lowest BCUT2D eigenvalue weighted by Crippen LogP contribution is -2.32. The number of nitrogens with zero attached hydrogens (tertiary/aromatic N) is 3. The summed E-state index contributed by atoms with van der Waals surface area (Å²) in [6, 6.07) is 0. The first kappa shape index (κ1) is 30.7. The summed E-state index contributed by atoms with van der Waals surface area (Å²) in [6.07, 6.45) is 0. The first-order chi connectivity index (χ1) is 9.68.